The van der Waals surface area contributed by atoms with E-state index >= 15 is 0 Å². The van der Waals surface area contributed by atoms with Crippen molar-refractivity contribution in [2.24, 2.45) is 25.9 Å². The number of fused-ring (bicyclic) bond motifs is 2. The third kappa shape index (κ3) is 2.59. The van der Waals surface area contributed by atoms with E-state index in [2.05, 4.69) is 81.4 Å². The van der Waals surface area contributed by atoms with Gasteiger partial charge in [-0.15, -0.1) is 22.7 Å². The molecule has 0 radical (unpaired) electrons. The lowest BCUT2D eigenvalue weighted by Gasteiger charge is -2.28. The maximum absolute atomic E-state index is 4.92. The molecule has 5 heterocycles. The van der Waals surface area contributed by atoms with Crippen molar-refractivity contribution in [3.8, 4) is 0 Å². The molecule has 2 aromatic heterocycles. The Balaban J connectivity index is 1.44. The van der Waals surface area contributed by atoms with Crippen molar-refractivity contribution < 1.29 is 0 Å². The molecule has 1 atom stereocenters. The van der Waals surface area contributed by atoms with Crippen LogP contribution in [0.3, 0.4) is 0 Å². The van der Waals surface area contributed by atoms with Gasteiger partial charge >= 0.3 is 0 Å². The van der Waals surface area contributed by atoms with Gasteiger partial charge in [0, 0.05) is 20.5 Å². The predicted molar refractivity (Wildman–Crippen MR) is 133 cm³/mol. The van der Waals surface area contributed by atoms with Crippen LogP contribution in [0.25, 0.3) is 25.9 Å². The van der Waals surface area contributed by atoms with Gasteiger partial charge in [-0.2, -0.15) is 0 Å². The maximum Gasteiger partial charge on any atom is 0.145 e. The summed E-state index contributed by atoms with van der Waals surface area (Å²) in [5.41, 5.74) is 5.31. The smallest absolute Gasteiger partial charge is 0.145 e. The lowest BCUT2D eigenvalue weighted by atomic mass is 9.87. The summed E-state index contributed by atoms with van der Waals surface area (Å²) in [7, 11) is 0. The van der Waals surface area contributed by atoms with Crippen LogP contribution in [0.15, 0.2) is 97.0 Å². The first kappa shape index (κ1) is 17.2. The number of hydrogen-bond donors (Lipinski definition) is 0. The van der Waals surface area contributed by atoms with Gasteiger partial charge in [-0.1, -0.05) is 36.4 Å². The normalized spacial score (nSPS) is 19.5. The van der Waals surface area contributed by atoms with Crippen molar-refractivity contribution in [2.75, 3.05) is 0 Å². The van der Waals surface area contributed by atoms with Crippen LogP contribution in [0.1, 0.15) is 11.1 Å². The number of aliphatic imine (C=N–C) groups is 4. The number of thiophene rings is 2. The number of nitrogens with zero attached hydrogens (tertiary/aromatic N) is 4. The molecule has 0 fully saturated rings. The van der Waals surface area contributed by atoms with E-state index in [-0.39, 0.29) is 5.92 Å². The highest BCUT2D eigenvalue weighted by molar-refractivity contribution is 7.17. The highest BCUT2D eigenvalue weighted by Gasteiger charge is 2.34. The molecule has 4 nitrogen and oxygen atoms in total. The Morgan fingerprint density at radius 1 is 0.710 bits per heavy atom. The topological polar surface area (TPSA) is 49.4 Å². The molecule has 146 valence electrons. The summed E-state index contributed by atoms with van der Waals surface area (Å²) < 4.78 is 2.50. The molecule has 4 aromatic rings. The number of dihydropyridines is 1. The molecule has 31 heavy (non-hydrogen) atoms. The molecule has 0 saturated heterocycles. The van der Waals surface area contributed by atoms with E-state index in [1.807, 2.05) is 0 Å². The summed E-state index contributed by atoms with van der Waals surface area (Å²) in [5.74, 6) is 1.43. The first-order valence-electron chi connectivity index (χ1n) is 9.99. The summed E-state index contributed by atoms with van der Waals surface area (Å²) in [6, 6.07) is 17.1. The minimum atomic E-state index is -0.0948. The van der Waals surface area contributed by atoms with Crippen molar-refractivity contribution >= 4 is 72.3 Å². The van der Waals surface area contributed by atoms with Crippen LogP contribution in [0.5, 0.6) is 0 Å². The average molecular weight is 435 g/mol. The van der Waals surface area contributed by atoms with E-state index in [1.165, 1.54) is 20.2 Å². The molecule has 3 aliphatic heterocycles. The van der Waals surface area contributed by atoms with Gasteiger partial charge in [0.1, 0.15) is 23.9 Å². The van der Waals surface area contributed by atoms with Gasteiger partial charge in [-0.05, 0) is 51.4 Å². The lowest BCUT2D eigenvalue weighted by Crippen LogP contribution is -2.32. The van der Waals surface area contributed by atoms with Gasteiger partial charge in [0.2, 0.25) is 0 Å². The molecule has 1 unspecified atom stereocenters. The molecular formula is C25H14N4S2. The fourth-order valence-electron chi connectivity index (χ4n) is 4.40. The molecule has 3 aliphatic rings. The third-order valence-electron chi connectivity index (χ3n) is 5.82. The fraction of sp³-hybridized carbons (Fsp3) is 0.0400. The van der Waals surface area contributed by atoms with Crippen molar-refractivity contribution in [3.05, 3.63) is 88.1 Å². The third-order valence-corrected chi connectivity index (χ3v) is 7.74. The summed E-state index contributed by atoms with van der Waals surface area (Å²) in [4.78, 5) is 18.9. The van der Waals surface area contributed by atoms with Crippen LogP contribution < -0.4 is 0 Å². The van der Waals surface area contributed by atoms with E-state index in [0.717, 1.165) is 39.8 Å². The summed E-state index contributed by atoms with van der Waals surface area (Å²) in [5, 5.41) is 6.74. The quantitative estimate of drug-likeness (QED) is 0.353. The Bertz CT molecular complexity index is 1520. The molecule has 0 saturated carbocycles. The molecule has 7 rings (SSSR count). The first-order valence-corrected chi connectivity index (χ1v) is 11.7. The number of allylic oxidation sites excluding steroid dienone is 2. The van der Waals surface area contributed by atoms with Gasteiger partial charge < -0.3 is 0 Å². The lowest BCUT2D eigenvalue weighted by molar-refractivity contribution is 1.04. The number of rotatable bonds is 2. The van der Waals surface area contributed by atoms with Gasteiger partial charge in [0.05, 0.1) is 11.4 Å². The molecule has 0 spiro atoms. The maximum atomic E-state index is 4.92. The standard InChI is InChI=1S/C25H14N4S2/c1-3-14-7-9-30-22(14)17(5-1)19-11-16-12-20(18-6-2-4-15-8-10-31-23(15)18)29-25-21(16)24(28-19)26-13-27-25/h1-13,21H. The van der Waals surface area contributed by atoms with E-state index in [4.69, 9.17) is 9.98 Å². The molecule has 0 bridgehead atoms. The molecular weight excluding hydrogens is 420 g/mol. The Morgan fingerprint density at radius 3 is 2.26 bits per heavy atom. The van der Waals surface area contributed by atoms with Crippen LogP contribution in [0, 0.1) is 5.92 Å². The second-order valence-corrected chi connectivity index (χ2v) is 9.43. The van der Waals surface area contributed by atoms with Crippen molar-refractivity contribution in [1.82, 2.24) is 0 Å². The Labute approximate surface area is 186 Å². The van der Waals surface area contributed by atoms with Crippen molar-refractivity contribution in [3.63, 3.8) is 0 Å². The Hall–Kier alpha value is -3.48. The van der Waals surface area contributed by atoms with Crippen LogP contribution in [0.4, 0.5) is 0 Å². The van der Waals surface area contributed by atoms with E-state index in [1.54, 1.807) is 29.0 Å². The van der Waals surface area contributed by atoms with Gasteiger partial charge in [0.15, 0.2) is 0 Å². The van der Waals surface area contributed by atoms with Crippen LogP contribution in [-0.4, -0.2) is 23.7 Å². The van der Waals surface area contributed by atoms with Crippen molar-refractivity contribution in [2.45, 2.75) is 0 Å². The average Bonchev–Trinajstić information content (AvgIpc) is 3.48. The summed E-state index contributed by atoms with van der Waals surface area (Å²) in [6.07, 6.45) is 5.94. The monoisotopic (exact) mass is 434 g/mol. The largest absolute Gasteiger partial charge is 0.232 e. The molecule has 2 aromatic carbocycles. The SMILES string of the molecule is C1=NC2=NC(c3cccc4ccsc34)=CC3=CC(c4cccc5ccsc45)=NC(=N1)C32. The fourth-order valence-corrected chi connectivity index (χ4v) is 6.24. The second kappa shape index (κ2) is 6.51. The van der Waals surface area contributed by atoms with E-state index in [0.29, 0.717) is 0 Å². The Kier molecular flexibility index (Phi) is 3.62. The first-order chi connectivity index (χ1) is 15.3. The van der Waals surface area contributed by atoms with Gasteiger partial charge in [-0.3, -0.25) is 0 Å². The second-order valence-electron chi connectivity index (χ2n) is 7.59. The molecule has 6 heteroatoms. The van der Waals surface area contributed by atoms with Gasteiger partial charge in [0.25, 0.3) is 0 Å². The number of benzene rings is 2. The summed E-state index contributed by atoms with van der Waals surface area (Å²) in [6.45, 7) is 0. The zero-order valence-electron chi connectivity index (χ0n) is 16.2. The minimum absolute atomic E-state index is 0.0948. The van der Waals surface area contributed by atoms with Crippen LogP contribution in [-0.2, 0) is 0 Å². The number of hydrogen-bond acceptors (Lipinski definition) is 6. The zero-order chi connectivity index (χ0) is 20.4. The Morgan fingerprint density at radius 2 is 1.45 bits per heavy atom. The number of amidine groups is 2. The van der Waals surface area contributed by atoms with Gasteiger partial charge in [-0.25, -0.2) is 20.0 Å². The van der Waals surface area contributed by atoms with E-state index < -0.39 is 0 Å². The highest BCUT2D eigenvalue weighted by atomic mass is 32.1. The zero-order valence-corrected chi connectivity index (χ0v) is 17.8. The van der Waals surface area contributed by atoms with Crippen LogP contribution >= 0.6 is 22.7 Å². The predicted octanol–water partition coefficient (Wildman–Crippen LogP) is 6.35. The molecule has 0 amide bonds. The van der Waals surface area contributed by atoms with E-state index in [9.17, 15) is 0 Å². The van der Waals surface area contributed by atoms with Crippen molar-refractivity contribution in [1.29, 1.82) is 0 Å². The molecule has 0 N–H and O–H groups in total. The summed E-state index contributed by atoms with van der Waals surface area (Å²) >= 11 is 3.49. The minimum Gasteiger partial charge on any atom is -0.232 e. The van der Waals surface area contributed by atoms with Crippen LogP contribution in [0.2, 0.25) is 0 Å². The highest BCUT2D eigenvalue weighted by Crippen LogP contribution is 2.38. The molecule has 0 aliphatic carbocycles.